The van der Waals surface area contributed by atoms with Crippen LogP contribution in [0.25, 0.3) is 11.1 Å². The Morgan fingerprint density at radius 3 is 2.41 bits per heavy atom. The van der Waals surface area contributed by atoms with Crippen molar-refractivity contribution in [1.29, 1.82) is 0 Å². The van der Waals surface area contributed by atoms with Crippen LogP contribution in [-0.2, 0) is 11.3 Å². The monoisotopic (exact) mass is 480 g/mol. The van der Waals surface area contributed by atoms with Gasteiger partial charge in [-0.25, -0.2) is 9.78 Å². The molecule has 0 fully saturated rings. The van der Waals surface area contributed by atoms with Gasteiger partial charge in [0, 0.05) is 18.1 Å². The third kappa shape index (κ3) is 5.87. The SMILES string of the molecule is CC(C)(Oc1ccc(CNCC(Oc2ccc(Cl)cc2)c2nc3ccccc3o2)cc1)C(=O)O. The molecule has 2 N–H and O–H groups in total. The molecular formula is C26H25ClN2O5. The van der Waals surface area contributed by atoms with E-state index in [1.165, 1.54) is 13.8 Å². The average Bonchev–Trinajstić information content (AvgIpc) is 3.25. The number of para-hydroxylation sites is 2. The normalized spacial score (nSPS) is 12.4. The lowest BCUT2D eigenvalue weighted by atomic mass is 10.1. The topological polar surface area (TPSA) is 93.8 Å². The molecule has 0 amide bonds. The van der Waals surface area contributed by atoms with Gasteiger partial charge < -0.3 is 24.3 Å². The van der Waals surface area contributed by atoms with Crippen molar-refractivity contribution in [3.63, 3.8) is 0 Å². The van der Waals surface area contributed by atoms with Crippen LogP contribution in [0.5, 0.6) is 11.5 Å². The number of nitrogens with zero attached hydrogens (tertiary/aromatic N) is 1. The van der Waals surface area contributed by atoms with Crippen molar-refractivity contribution < 1.29 is 23.8 Å². The van der Waals surface area contributed by atoms with Gasteiger partial charge in [0.05, 0.1) is 0 Å². The van der Waals surface area contributed by atoms with Gasteiger partial charge in [-0.15, -0.1) is 0 Å². The van der Waals surface area contributed by atoms with Gasteiger partial charge in [-0.2, -0.15) is 0 Å². The first kappa shape index (κ1) is 23.6. The van der Waals surface area contributed by atoms with Gasteiger partial charge in [0.15, 0.2) is 17.3 Å². The predicted octanol–water partition coefficient (Wildman–Crippen LogP) is 5.63. The molecule has 3 aromatic carbocycles. The van der Waals surface area contributed by atoms with E-state index in [-0.39, 0.29) is 0 Å². The molecule has 4 aromatic rings. The van der Waals surface area contributed by atoms with E-state index < -0.39 is 17.7 Å². The van der Waals surface area contributed by atoms with Gasteiger partial charge in [-0.05, 0) is 67.9 Å². The molecule has 7 nitrogen and oxygen atoms in total. The van der Waals surface area contributed by atoms with Crippen molar-refractivity contribution in [2.24, 2.45) is 0 Å². The number of fused-ring (bicyclic) bond motifs is 1. The summed E-state index contributed by atoms with van der Waals surface area (Å²) in [5.41, 5.74) is 1.17. The third-order valence-corrected chi connectivity index (χ3v) is 5.40. The van der Waals surface area contributed by atoms with Crippen LogP contribution in [-0.4, -0.2) is 28.2 Å². The second-order valence-corrected chi connectivity index (χ2v) is 8.71. The number of carboxylic acid groups (broad SMARTS) is 1. The minimum atomic E-state index is -1.30. The van der Waals surface area contributed by atoms with Gasteiger partial charge >= 0.3 is 5.97 Å². The second-order valence-electron chi connectivity index (χ2n) is 8.27. The van der Waals surface area contributed by atoms with Crippen LogP contribution in [0.15, 0.2) is 77.2 Å². The average molecular weight is 481 g/mol. The summed E-state index contributed by atoms with van der Waals surface area (Å²) in [6, 6.07) is 22.0. The maximum absolute atomic E-state index is 11.3. The molecule has 4 rings (SSSR count). The number of nitrogens with one attached hydrogen (secondary N) is 1. The third-order valence-electron chi connectivity index (χ3n) is 5.15. The standard InChI is InChI=1S/C26H25ClN2O5/c1-26(2,25(30)31)34-20-11-7-17(8-12-20)15-28-16-23(32-19-13-9-18(27)10-14-19)24-29-21-5-3-4-6-22(21)33-24/h3-14,23,28H,15-16H2,1-2H3,(H,30,31). The van der Waals surface area contributed by atoms with E-state index >= 15 is 0 Å². The molecule has 1 atom stereocenters. The van der Waals surface area contributed by atoms with E-state index in [1.807, 2.05) is 36.4 Å². The van der Waals surface area contributed by atoms with Crippen LogP contribution in [0.4, 0.5) is 0 Å². The van der Waals surface area contributed by atoms with Crippen LogP contribution < -0.4 is 14.8 Å². The van der Waals surface area contributed by atoms with E-state index in [9.17, 15) is 9.90 Å². The number of hydrogen-bond acceptors (Lipinski definition) is 6. The zero-order chi connectivity index (χ0) is 24.1. The lowest BCUT2D eigenvalue weighted by Gasteiger charge is -2.21. The summed E-state index contributed by atoms with van der Waals surface area (Å²) in [4.78, 5) is 15.8. The minimum absolute atomic E-state index is 0.444. The molecule has 0 saturated carbocycles. The van der Waals surface area contributed by atoms with Crippen molar-refractivity contribution in [3.05, 3.63) is 89.3 Å². The van der Waals surface area contributed by atoms with Crippen LogP contribution in [0, 0.1) is 0 Å². The van der Waals surface area contributed by atoms with Gasteiger partial charge in [0.25, 0.3) is 0 Å². The second kappa shape index (κ2) is 10.2. The summed E-state index contributed by atoms with van der Waals surface area (Å²) in [6.45, 7) is 4.03. The van der Waals surface area contributed by atoms with E-state index in [0.29, 0.717) is 41.1 Å². The largest absolute Gasteiger partial charge is 0.479 e. The summed E-state index contributed by atoms with van der Waals surface area (Å²) < 4.78 is 17.7. The molecule has 0 aliphatic rings. The first-order valence-corrected chi connectivity index (χ1v) is 11.2. The highest BCUT2D eigenvalue weighted by atomic mass is 35.5. The lowest BCUT2D eigenvalue weighted by Crippen LogP contribution is -2.37. The molecule has 34 heavy (non-hydrogen) atoms. The molecule has 0 aliphatic heterocycles. The van der Waals surface area contributed by atoms with Crippen LogP contribution in [0.3, 0.4) is 0 Å². The zero-order valence-corrected chi connectivity index (χ0v) is 19.6. The van der Waals surface area contributed by atoms with Crippen LogP contribution >= 0.6 is 11.6 Å². The highest BCUT2D eigenvalue weighted by molar-refractivity contribution is 6.30. The molecule has 176 valence electrons. The van der Waals surface area contributed by atoms with Gasteiger partial charge in [-0.1, -0.05) is 35.9 Å². The summed E-state index contributed by atoms with van der Waals surface area (Å²) in [5.74, 6) is 0.597. The number of oxazole rings is 1. The molecule has 0 spiro atoms. The number of aromatic nitrogens is 1. The van der Waals surface area contributed by atoms with Crippen molar-refractivity contribution in [3.8, 4) is 11.5 Å². The van der Waals surface area contributed by atoms with E-state index in [2.05, 4.69) is 10.3 Å². The number of ether oxygens (including phenoxy) is 2. The van der Waals surface area contributed by atoms with E-state index in [1.54, 1.807) is 36.4 Å². The number of benzene rings is 3. The number of halogens is 1. The molecule has 0 saturated heterocycles. The van der Waals surface area contributed by atoms with E-state index in [0.717, 1.165) is 11.1 Å². The maximum atomic E-state index is 11.3. The lowest BCUT2D eigenvalue weighted by molar-refractivity contribution is -0.152. The number of rotatable bonds is 10. The molecule has 8 heteroatoms. The Morgan fingerprint density at radius 2 is 1.74 bits per heavy atom. The number of carboxylic acids is 1. The Hall–Kier alpha value is -3.55. The molecule has 1 unspecified atom stereocenters. The smallest absolute Gasteiger partial charge is 0.347 e. The summed E-state index contributed by atoms with van der Waals surface area (Å²) in [7, 11) is 0. The van der Waals surface area contributed by atoms with E-state index in [4.69, 9.17) is 25.5 Å². The number of carbonyl (C=O) groups is 1. The van der Waals surface area contributed by atoms with Crippen molar-refractivity contribution in [2.75, 3.05) is 6.54 Å². The van der Waals surface area contributed by atoms with Crippen molar-refractivity contribution >= 4 is 28.7 Å². The maximum Gasteiger partial charge on any atom is 0.347 e. The van der Waals surface area contributed by atoms with Crippen molar-refractivity contribution in [1.82, 2.24) is 10.3 Å². The predicted molar refractivity (Wildman–Crippen MR) is 129 cm³/mol. The highest BCUT2D eigenvalue weighted by Crippen LogP contribution is 2.26. The molecule has 0 aliphatic carbocycles. The Bertz CT molecular complexity index is 1220. The minimum Gasteiger partial charge on any atom is -0.479 e. The van der Waals surface area contributed by atoms with Gasteiger partial charge in [-0.3, -0.25) is 0 Å². The fraction of sp³-hybridized carbons (Fsp3) is 0.231. The molecule has 1 heterocycles. The zero-order valence-electron chi connectivity index (χ0n) is 18.8. The quantitative estimate of drug-likeness (QED) is 0.303. The fourth-order valence-electron chi connectivity index (χ4n) is 3.25. The van der Waals surface area contributed by atoms with Gasteiger partial charge in [0.1, 0.15) is 17.0 Å². The Kier molecular flexibility index (Phi) is 7.05. The molecular weight excluding hydrogens is 456 g/mol. The van der Waals surface area contributed by atoms with Gasteiger partial charge in [0.2, 0.25) is 5.89 Å². The first-order valence-electron chi connectivity index (χ1n) is 10.8. The fourth-order valence-corrected chi connectivity index (χ4v) is 3.37. The Labute approximate surface area is 202 Å². The Balaban J connectivity index is 1.43. The number of hydrogen-bond donors (Lipinski definition) is 2. The van der Waals surface area contributed by atoms with Crippen LogP contribution in [0.1, 0.15) is 31.4 Å². The van der Waals surface area contributed by atoms with Crippen molar-refractivity contribution in [2.45, 2.75) is 32.1 Å². The van der Waals surface area contributed by atoms with Crippen LogP contribution in [0.2, 0.25) is 5.02 Å². The highest BCUT2D eigenvalue weighted by Gasteiger charge is 2.29. The number of aliphatic carboxylic acids is 1. The first-order chi connectivity index (χ1) is 16.3. The Morgan fingerprint density at radius 1 is 1.06 bits per heavy atom. The summed E-state index contributed by atoms with van der Waals surface area (Å²) in [5, 5.41) is 13.2. The molecule has 1 aromatic heterocycles. The summed E-state index contributed by atoms with van der Waals surface area (Å²) in [6.07, 6.45) is -0.465. The molecule has 0 radical (unpaired) electrons. The molecule has 0 bridgehead atoms. The summed E-state index contributed by atoms with van der Waals surface area (Å²) >= 11 is 6.00.